The first-order chi connectivity index (χ1) is 10.3. The third-order valence-corrected chi connectivity index (χ3v) is 3.12. The van der Waals surface area contributed by atoms with Crippen LogP contribution in [0.3, 0.4) is 0 Å². The molecule has 0 bridgehead atoms. The number of benzene rings is 1. The lowest BCUT2D eigenvalue weighted by Gasteiger charge is -2.06. The van der Waals surface area contributed by atoms with E-state index >= 15 is 0 Å². The predicted octanol–water partition coefficient (Wildman–Crippen LogP) is 3.50. The van der Waals surface area contributed by atoms with E-state index in [0.29, 0.717) is 0 Å². The van der Waals surface area contributed by atoms with Crippen molar-refractivity contribution in [1.29, 1.82) is 0 Å². The second-order valence-corrected chi connectivity index (χ2v) is 5.02. The molecule has 0 aliphatic rings. The minimum atomic E-state index is 0.900. The molecular formula is C18H23N3. The van der Waals surface area contributed by atoms with Crippen molar-refractivity contribution in [3.63, 3.8) is 0 Å². The van der Waals surface area contributed by atoms with Gasteiger partial charge in [-0.25, -0.2) is 4.98 Å². The van der Waals surface area contributed by atoms with Crippen LogP contribution in [0, 0.1) is 6.92 Å². The molecule has 1 aromatic heterocycles. The van der Waals surface area contributed by atoms with E-state index in [1.165, 1.54) is 11.1 Å². The van der Waals surface area contributed by atoms with Crippen molar-refractivity contribution < 1.29 is 0 Å². The molecule has 1 heterocycles. The van der Waals surface area contributed by atoms with E-state index in [2.05, 4.69) is 58.1 Å². The molecule has 0 unspecified atom stereocenters. The van der Waals surface area contributed by atoms with E-state index in [9.17, 15) is 0 Å². The zero-order valence-electron chi connectivity index (χ0n) is 12.5. The van der Waals surface area contributed by atoms with E-state index in [4.69, 9.17) is 0 Å². The first kappa shape index (κ1) is 15.3. The maximum atomic E-state index is 4.32. The summed E-state index contributed by atoms with van der Waals surface area (Å²) in [6, 6.07) is 14.4. The molecule has 1 aromatic carbocycles. The third-order valence-electron chi connectivity index (χ3n) is 3.12. The van der Waals surface area contributed by atoms with Gasteiger partial charge in [0.25, 0.3) is 0 Å². The van der Waals surface area contributed by atoms with Gasteiger partial charge < -0.3 is 10.6 Å². The molecule has 3 nitrogen and oxygen atoms in total. The van der Waals surface area contributed by atoms with E-state index in [1.54, 1.807) is 0 Å². The lowest BCUT2D eigenvalue weighted by Crippen LogP contribution is -2.18. The largest absolute Gasteiger partial charge is 0.370 e. The van der Waals surface area contributed by atoms with E-state index in [0.717, 1.165) is 31.9 Å². The van der Waals surface area contributed by atoms with Gasteiger partial charge in [0.05, 0.1) is 0 Å². The number of pyridine rings is 1. The summed E-state index contributed by atoms with van der Waals surface area (Å²) >= 11 is 0. The van der Waals surface area contributed by atoms with Crippen molar-refractivity contribution in [3.8, 4) is 0 Å². The Balaban J connectivity index is 1.52. The number of rotatable bonds is 8. The quantitative estimate of drug-likeness (QED) is 0.727. The monoisotopic (exact) mass is 281 g/mol. The van der Waals surface area contributed by atoms with Crippen molar-refractivity contribution >= 4 is 11.9 Å². The number of hydrogen-bond donors (Lipinski definition) is 2. The van der Waals surface area contributed by atoms with Crippen molar-refractivity contribution in [2.24, 2.45) is 0 Å². The normalized spacial score (nSPS) is 10.9. The van der Waals surface area contributed by atoms with Gasteiger partial charge in [0.15, 0.2) is 0 Å². The van der Waals surface area contributed by atoms with E-state index in [1.807, 2.05) is 25.3 Å². The summed E-state index contributed by atoms with van der Waals surface area (Å²) in [5.41, 5.74) is 2.43. The first-order valence-corrected chi connectivity index (χ1v) is 7.43. The van der Waals surface area contributed by atoms with Crippen LogP contribution in [0.25, 0.3) is 6.08 Å². The van der Waals surface area contributed by atoms with Crippen molar-refractivity contribution in [3.05, 3.63) is 65.9 Å². The summed E-state index contributed by atoms with van der Waals surface area (Å²) < 4.78 is 0. The van der Waals surface area contributed by atoms with Crippen LogP contribution < -0.4 is 10.6 Å². The van der Waals surface area contributed by atoms with Crippen LogP contribution in [0.1, 0.15) is 17.5 Å². The first-order valence-electron chi connectivity index (χ1n) is 7.43. The van der Waals surface area contributed by atoms with Crippen LogP contribution in [-0.4, -0.2) is 24.6 Å². The topological polar surface area (TPSA) is 37.0 Å². The maximum Gasteiger partial charge on any atom is 0.125 e. The molecule has 0 saturated heterocycles. The number of anilines is 1. The van der Waals surface area contributed by atoms with Gasteiger partial charge in [0.2, 0.25) is 0 Å². The van der Waals surface area contributed by atoms with Gasteiger partial charge in [0.1, 0.15) is 5.82 Å². The zero-order chi connectivity index (χ0) is 14.8. The van der Waals surface area contributed by atoms with Crippen molar-refractivity contribution in [2.75, 3.05) is 25.0 Å². The van der Waals surface area contributed by atoms with Gasteiger partial charge >= 0.3 is 0 Å². The molecule has 2 aromatic rings. The minimum Gasteiger partial charge on any atom is -0.370 e. The summed E-state index contributed by atoms with van der Waals surface area (Å²) in [7, 11) is 0. The molecule has 0 aliphatic heterocycles. The Hall–Kier alpha value is -2.13. The molecule has 0 spiro atoms. The highest BCUT2D eigenvalue weighted by molar-refractivity contribution is 5.48. The van der Waals surface area contributed by atoms with Crippen LogP contribution in [-0.2, 0) is 0 Å². The van der Waals surface area contributed by atoms with Gasteiger partial charge in [-0.05, 0) is 37.1 Å². The Morgan fingerprint density at radius 3 is 2.67 bits per heavy atom. The molecule has 0 saturated carbocycles. The molecule has 110 valence electrons. The molecular weight excluding hydrogens is 258 g/mol. The summed E-state index contributed by atoms with van der Waals surface area (Å²) in [5.74, 6) is 0.949. The van der Waals surface area contributed by atoms with Crippen molar-refractivity contribution in [1.82, 2.24) is 10.3 Å². The van der Waals surface area contributed by atoms with Crippen molar-refractivity contribution in [2.45, 2.75) is 13.3 Å². The Bertz CT molecular complexity index is 532. The Kier molecular flexibility index (Phi) is 6.49. The highest BCUT2D eigenvalue weighted by Crippen LogP contribution is 2.03. The smallest absolute Gasteiger partial charge is 0.125 e. The van der Waals surface area contributed by atoms with Crippen LogP contribution >= 0.6 is 0 Å². The van der Waals surface area contributed by atoms with Gasteiger partial charge in [-0.1, -0.05) is 48.6 Å². The standard InChI is InChI=1S/C18H23N3/c1-16-10-11-18(21-15-16)20-14-6-13-19-12-5-9-17-7-3-2-4-8-17/h2-5,7-11,15,19H,6,12-14H2,1H3,(H,20,21). The number of nitrogens with one attached hydrogen (secondary N) is 2. The number of aryl methyl sites for hydroxylation is 1. The molecule has 0 amide bonds. The van der Waals surface area contributed by atoms with Gasteiger partial charge in [-0.15, -0.1) is 0 Å². The zero-order valence-corrected chi connectivity index (χ0v) is 12.5. The lowest BCUT2D eigenvalue weighted by molar-refractivity contribution is 0.711. The van der Waals surface area contributed by atoms with Crippen LogP contribution in [0.15, 0.2) is 54.7 Å². The predicted molar refractivity (Wildman–Crippen MR) is 90.4 cm³/mol. The van der Waals surface area contributed by atoms with Gasteiger partial charge in [-0.3, -0.25) is 0 Å². The third kappa shape index (κ3) is 6.23. The van der Waals surface area contributed by atoms with E-state index < -0.39 is 0 Å². The SMILES string of the molecule is Cc1ccc(NCCCNCC=Cc2ccccc2)nc1. The lowest BCUT2D eigenvalue weighted by atomic mass is 10.2. The molecule has 2 rings (SSSR count). The average Bonchev–Trinajstić information content (AvgIpc) is 2.53. The number of aromatic nitrogens is 1. The second-order valence-electron chi connectivity index (χ2n) is 5.02. The highest BCUT2D eigenvalue weighted by Gasteiger charge is 1.92. The molecule has 3 heteroatoms. The highest BCUT2D eigenvalue weighted by atomic mass is 15.0. The molecule has 0 aliphatic carbocycles. The fraction of sp³-hybridized carbons (Fsp3) is 0.278. The molecule has 2 N–H and O–H groups in total. The maximum absolute atomic E-state index is 4.32. The Morgan fingerprint density at radius 2 is 1.90 bits per heavy atom. The number of hydrogen-bond acceptors (Lipinski definition) is 3. The molecule has 0 radical (unpaired) electrons. The summed E-state index contributed by atoms with van der Waals surface area (Å²) in [4.78, 5) is 4.32. The van der Waals surface area contributed by atoms with Gasteiger partial charge in [0, 0.05) is 19.3 Å². The minimum absolute atomic E-state index is 0.900. The fourth-order valence-electron chi connectivity index (χ4n) is 1.95. The van der Waals surface area contributed by atoms with Crippen LogP contribution in [0.5, 0.6) is 0 Å². The van der Waals surface area contributed by atoms with E-state index in [-0.39, 0.29) is 0 Å². The molecule has 21 heavy (non-hydrogen) atoms. The van der Waals surface area contributed by atoms with Crippen LogP contribution in [0.2, 0.25) is 0 Å². The summed E-state index contributed by atoms with van der Waals surface area (Å²) in [6.45, 7) is 4.88. The second kappa shape index (κ2) is 8.93. The Morgan fingerprint density at radius 1 is 1.05 bits per heavy atom. The number of nitrogens with zero attached hydrogens (tertiary/aromatic N) is 1. The molecule has 0 fully saturated rings. The van der Waals surface area contributed by atoms with Gasteiger partial charge in [-0.2, -0.15) is 0 Å². The summed E-state index contributed by atoms with van der Waals surface area (Å²) in [6.07, 6.45) is 7.26. The van der Waals surface area contributed by atoms with Crippen LogP contribution in [0.4, 0.5) is 5.82 Å². The fourth-order valence-corrected chi connectivity index (χ4v) is 1.95. The Labute approximate surface area is 127 Å². The molecule has 0 atom stereocenters. The average molecular weight is 281 g/mol. The summed E-state index contributed by atoms with van der Waals surface area (Å²) in [5, 5.41) is 6.72.